The Labute approximate surface area is 90.2 Å². The van der Waals surface area contributed by atoms with Gasteiger partial charge in [0, 0.05) is 6.54 Å². The molecule has 0 aromatic heterocycles. The smallest absolute Gasteiger partial charge is 0.0163 e. The minimum Gasteiger partial charge on any atom is -0.300 e. The lowest BCUT2D eigenvalue weighted by atomic mass is 10.1. The predicted molar refractivity (Wildman–Crippen MR) is 65.6 cm³/mol. The monoisotopic (exact) mass is 197 g/mol. The Morgan fingerprint density at radius 3 is 2.43 bits per heavy atom. The van der Waals surface area contributed by atoms with E-state index >= 15 is 0 Å². The van der Waals surface area contributed by atoms with E-state index in [1.165, 1.54) is 32.4 Å². The van der Waals surface area contributed by atoms with Crippen molar-refractivity contribution in [2.75, 3.05) is 19.6 Å². The first-order chi connectivity index (χ1) is 6.74. The third kappa shape index (κ3) is 7.14. The van der Waals surface area contributed by atoms with Gasteiger partial charge >= 0.3 is 0 Å². The highest BCUT2D eigenvalue weighted by atomic mass is 15.1. The zero-order valence-electron chi connectivity index (χ0n) is 10.4. The number of hydrogen-bond acceptors (Lipinski definition) is 1. The molecule has 0 radical (unpaired) electrons. The third-order valence-electron chi connectivity index (χ3n) is 2.77. The van der Waals surface area contributed by atoms with Crippen molar-refractivity contribution in [2.24, 2.45) is 5.92 Å². The summed E-state index contributed by atoms with van der Waals surface area (Å²) >= 11 is 0. The van der Waals surface area contributed by atoms with Crippen molar-refractivity contribution in [3.63, 3.8) is 0 Å². The maximum atomic E-state index is 2.55. The lowest BCUT2D eigenvalue weighted by Crippen LogP contribution is -2.27. The van der Waals surface area contributed by atoms with Crippen LogP contribution in [0.5, 0.6) is 0 Å². The second-order valence-corrected chi connectivity index (χ2v) is 4.17. The highest BCUT2D eigenvalue weighted by Gasteiger charge is 2.04. The predicted octanol–water partition coefficient (Wildman–Crippen LogP) is 3.71. The Balaban J connectivity index is 3.71. The van der Waals surface area contributed by atoms with Crippen LogP contribution >= 0.6 is 0 Å². The third-order valence-corrected chi connectivity index (χ3v) is 2.77. The summed E-state index contributed by atoms with van der Waals surface area (Å²) in [5.74, 6) is 0.875. The Morgan fingerprint density at radius 1 is 1.21 bits per heavy atom. The molecular weight excluding hydrogens is 170 g/mol. The van der Waals surface area contributed by atoms with Crippen molar-refractivity contribution in [3.05, 3.63) is 12.2 Å². The topological polar surface area (TPSA) is 3.24 Å². The second kappa shape index (κ2) is 9.26. The second-order valence-electron chi connectivity index (χ2n) is 4.17. The normalized spacial score (nSPS) is 14.1. The molecule has 0 aliphatic carbocycles. The SMILES string of the molecule is C/C=C/CN(CCC)CCC(C)CC. The van der Waals surface area contributed by atoms with Gasteiger partial charge in [-0.25, -0.2) is 0 Å². The van der Waals surface area contributed by atoms with Gasteiger partial charge in [0.25, 0.3) is 0 Å². The fourth-order valence-corrected chi connectivity index (χ4v) is 1.47. The average Bonchev–Trinajstić information content (AvgIpc) is 2.21. The molecule has 14 heavy (non-hydrogen) atoms. The molecule has 1 nitrogen and oxygen atoms in total. The van der Waals surface area contributed by atoms with Crippen LogP contribution in [0.3, 0.4) is 0 Å². The Hall–Kier alpha value is -0.300. The molecule has 0 aromatic carbocycles. The fraction of sp³-hybridized carbons (Fsp3) is 0.846. The first kappa shape index (κ1) is 13.7. The molecule has 1 unspecified atom stereocenters. The molecule has 0 spiro atoms. The van der Waals surface area contributed by atoms with Crippen molar-refractivity contribution in [3.8, 4) is 0 Å². The Kier molecular flexibility index (Phi) is 9.06. The van der Waals surface area contributed by atoms with Crippen molar-refractivity contribution >= 4 is 0 Å². The summed E-state index contributed by atoms with van der Waals surface area (Å²) < 4.78 is 0. The van der Waals surface area contributed by atoms with E-state index in [1.807, 2.05) is 0 Å². The van der Waals surface area contributed by atoms with E-state index in [1.54, 1.807) is 0 Å². The van der Waals surface area contributed by atoms with Crippen LogP contribution in [0.2, 0.25) is 0 Å². The zero-order chi connectivity index (χ0) is 10.8. The molecular formula is C13H27N. The zero-order valence-corrected chi connectivity index (χ0v) is 10.4. The van der Waals surface area contributed by atoms with Crippen molar-refractivity contribution in [1.82, 2.24) is 4.90 Å². The minimum atomic E-state index is 0.875. The lowest BCUT2D eigenvalue weighted by Gasteiger charge is -2.21. The van der Waals surface area contributed by atoms with E-state index in [9.17, 15) is 0 Å². The number of rotatable bonds is 8. The molecule has 0 saturated carbocycles. The summed E-state index contributed by atoms with van der Waals surface area (Å²) in [4.78, 5) is 2.55. The van der Waals surface area contributed by atoms with Crippen molar-refractivity contribution < 1.29 is 0 Å². The quantitative estimate of drug-likeness (QED) is 0.536. The first-order valence-electron chi connectivity index (χ1n) is 6.08. The molecule has 0 aromatic rings. The number of allylic oxidation sites excluding steroid dienone is 1. The van der Waals surface area contributed by atoms with Crippen LogP contribution in [0, 0.1) is 5.92 Å². The lowest BCUT2D eigenvalue weighted by molar-refractivity contribution is 0.277. The van der Waals surface area contributed by atoms with Gasteiger partial charge in [-0.2, -0.15) is 0 Å². The molecule has 0 N–H and O–H groups in total. The van der Waals surface area contributed by atoms with Crippen LogP contribution in [0.1, 0.15) is 47.0 Å². The van der Waals surface area contributed by atoms with Gasteiger partial charge in [-0.3, -0.25) is 4.90 Å². The van der Waals surface area contributed by atoms with Crippen LogP contribution in [-0.4, -0.2) is 24.5 Å². The number of hydrogen-bond donors (Lipinski definition) is 0. The van der Waals surface area contributed by atoms with Gasteiger partial charge in [0.05, 0.1) is 0 Å². The van der Waals surface area contributed by atoms with Crippen molar-refractivity contribution in [2.45, 2.75) is 47.0 Å². The molecule has 1 heteroatoms. The van der Waals surface area contributed by atoms with Gasteiger partial charge in [-0.05, 0) is 38.8 Å². The highest BCUT2D eigenvalue weighted by molar-refractivity contribution is 4.81. The van der Waals surface area contributed by atoms with Crippen molar-refractivity contribution in [1.29, 1.82) is 0 Å². The molecule has 0 aliphatic heterocycles. The summed E-state index contributed by atoms with van der Waals surface area (Å²) in [7, 11) is 0. The van der Waals surface area contributed by atoms with Gasteiger partial charge in [-0.15, -0.1) is 0 Å². The largest absolute Gasteiger partial charge is 0.300 e. The Bertz CT molecular complexity index is 140. The van der Waals surface area contributed by atoms with E-state index in [4.69, 9.17) is 0 Å². The summed E-state index contributed by atoms with van der Waals surface area (Å²) in [5, 5.41) is 0. The highest BCUT2D eigenvalue weighted by Crippen LogP contribution is 2.07. The van der Waals surface area contributed by atoms with E-state index in [0.29, 0.717) is 0 Å². The Morgan fingerprint density at radius 2 is 1.93 bits per heavy atom. The van der Waals surface area contributed by atoms with Gasteiger partial charge in [-0.1, -0.05) is 39.3 Å². The molecule has 0 heterocycles. The molecule has 0 rings (SSSR count). The van der Waals surface area contributed by atoms with Gasteiger partial charge < -0.3 is 0 Å². The molecule has 84 valence electrons. The van der Waals surface area contributed by atoms with Crippen LogP contribution < -0.4 is 0 Å². The van der Waals surface area contributed by atoms with E-state index in [-0.39, 0.29) is 0 Å². The minimum absolute atomic E-state index is 0.875. The fourth-order valence-electron chi connectivity index (χ4n) is 1.47. The van der Waals surface area contributed by atoms with Crippen LogP contribution in [-0.2, 0) is 0 Å². The molecule has 1 atom stereocenters. The van der Waals surface area contributed by atoms with Crippen LogP contribution in [0.25, 0.3) is 0 Å². The van der Waals surface area contributed by atoms with Gasteiger partial charge in [0.15, 0.2) is 0 Å². The van der Waals surface area contributed by atoms with E-state index < -0.39 is 0 Å². The molecule has 0 fully saturated rings. The summed E-state index contributed by atoms with van der Waals surface area (Å²) in [6, 6.07) is 0. The van der Waals surface area contributed by atoms with Gasteiger partial charge in [0.2, 0.25) is 0 Å². The maximum Gasteiger partial charge on any atom is 0.0163 e. The summed E-state index contributed by atoms with van der Waals surface area (Å²) in [6.45, 7) is 12.6. The molecule has 0 saturated heterocycles. The standard InChI is InChI=1S/C13H27N/c1-5-8-11-14(10-6-2)12-9-13(4)7-3/h5,8,13H,6-7,9-12H2,1-4H3/b8-5+. The van der Waals surface area contributed by atoms with E-state index in [0.717, 1.165) is 12.5 Å². The molecule has 0 bridgehead atoms. The average molecular weight is 197 g/mol. The summed E-state index contributed by atoms with van der Waals surface area (Å²) in [5.41, 5.74) is 0. The maximum absolute atomic E-state index is 2.55. The first-order valence-corrected chi connectivity index (χ1v) is 6.08. The van der Waals surface area contributed by atoms with Crippen LogP contribution in [0.15, 0.2) is 12.2 Å². The van der Waals surface area contributed by atoms with Gasteiger partial charge in [0.1, 0.15) is 0 Å². The number of nitrogens with zero attached hydrogens (tertiary/aromatic N) is 1. The van der Waals surface area contributed by atoms with Crippen LogP contribution in [0.4, 0.5) is 0 Å². The van der Waals surface area contributed by atoms with E-state index in [2.05, 4.69) is 44.7 Å². The molecule has 0 amide bonds. The summed E-state index contributed by atoms with van der Waals surface area (Å²) in [6.07, 6.45) is 8.31. The molecule has 0 aliphatic rings.